The van der Waals surface area contributed by atoms with Crippen LogP contribution in [0.1, 0.15) is 31.3 Å². The van der Waals surface area contributed by atoms with Gasteiger partial charge in [-0.3, -0.25) is 4.79 Å². The van der Waals surface area contributed by atoms with E-state index in [9.17, 15) is 4.79 Å². The van der Waals surface area contributed by atoms with Gasteiger partial charge in [-0.1, -0.05) is 37.3 Å². The number of amides is 1. The third-order valence-electron chi connectivity index (χ3n) is 3.84. The third-order valence-corrected chi connectivity index (χ3v) is 3.84. The van der Waals surface area contributed by atoms with Crippen molar-refractivity contribution < 1.29 is 4.79 Å². The molecule has 1 atom stereocenters. The number of nitrogens with zero attached hydrogens (tertiary/aromatic N) is 3. The van der Waals surface area contributed by atoms with E-state index >= 15 is 0 Å². The van der Waals surface area contributed by atoms with Crippen LogP contribution in [0.4, 0.5) is 0 Å². The zero-order chi connectivity index (χ0) is 15.5. The van der Waals surface area contributed by atoms with Gasteiger partial charge in [0.25, 0.3) is 5.91 Å². The molecule has 1 heterocycles. The lowest BCUT2D eigenvalue weighted by atomic mass is 9.88. The van der Waals surface area contributed by atoms with Crippen molar-refractivity contribution in [3.05, 3.63) is 42.2 Å². The largest absolute Gasteiger partial charge is 0.344 e. The highest BCUT2D eigenvalue weighted by Crippen LogP contribution is 2.15. The number of aromatic nitrogens is 3. The van der Waals surface area contributed by atoms with E-state index in [1.54, 1.807) is 10.9 Å². The number of carbonyl (C=O) groups is 1. The molecule has 0 aliphatic carbocycles. The van der Waals surface area contributed by atoms with Crippen LogP contribution in [0.25, 0.3) is 5.69 Å². The smallest absolute Gasteiger partial charge is 0.273 e. The van der Waals surface area contributed by atoms with Gasteiger partial charge in [-0.2, -0.15) is 0 Å². The lowest BCUT2D eigenvalue weighted by Gasteiger charge is -2.33. The summed E-state index contributed by atoms with van der Waals surface area (Å²) < 4.78 is 1.57. The molecule has 0 fully saturated rings. The van der Waals surface area contributed by atoms with Crippen LogP contribution in [-0.2, 0) is 0 Å². The summed E-state index contributed by atoms with van der Waals surface area (Å²) in [6.07, 6.45) is 1.61. The lowest BCUT2D eigenvalue weighted by Crippen LogP contribution is -2.55. The van der Waals surface area contributed by atoms with Crippen molar-refractivity contribution in [2.75, 3.05) is 6.54 Å². The first-order valence-corrected chi connectivity index (χ1v) is 6.96. The van der Waals surface area contributed by atoms with Gasteiger partial charge in [0, 0.05) is 6.54 Å². The van der Waals surface area contributed by atoms with E-state index in [0.717, 1.165) is 5.69 Å². The van der Waals surface area contributed by atoms with Gasteiger partial charge in [0.15, 0.2) is 5.69 Å². The summed E-state index contributed by atoms with van der Waals surface area (Å²) in [4.78, 5) is 12.3. The first-order chi connectivity index (χ1) is 9.96. The second kappa shape index (κ2) is 6.05. The zero-order valence-corrected chi connectivity index (χ0v) is 12.6. The second-order valence-electron chi connectivity index (χ2n) is 5.61. The number of para-hydroxylation sites is 1. The van der Waals surface area contributed by atoms with Crippen molar-refractivity contribution in [2.45, 2.75) is 26.3 Å². The van der Waals surface area contributed by atoms with Crippen molar-refractivity contribution >= 4 is 5.91 Å². The van der Waals surface area contributed by atoms with Crippen LogP contribution in [0.2, 0.25) is 0 Å². The van der Waals surface area contributed by atoms with Crippen LogP contribution >= 0.6 is 0 Å². The van der Waals surface area contributed by atoms with E-state index < -0.39 is 5.54 Å². The minimum atomic E-state index is -0.465. The van der Waals surface area contributed by atoms with Crippen LogP contribution in [0.5, 0.6) is 0 Å². The maximum Gasteiger partial charge on any atom is 0.273 e. The maximum atomic E-state index is 12.3. The zero-order valence-electron chi connectivity index (χ0n) is 12.6. The summed E-state index contributed by atoms with van der Waals surface area (Å²) in [7, 11) is 0. The topological polar surface area (TPSA) is 85.8 Å². The number of nitrogens with two attached hydrogens (primary N) is 1. The highest BCUT2D eigenvalue weighted by Gasteiger charge is 2.29. The Morgan fingerprint density at radius 2 is 2.05 bits per heavy atom. The predicted octanol–water partition coefficient (Wildman–Crippen LogP) is 1.37. The molecule has 3 N–H and O–H groups in total. The molecule has 1 unspecified atom stereocenters. The van der Waals surface area contributed by atoms with Crippen LogP contribution in [0.15, 0.2) is 36.5 Å². The van der Waals surface area contributed by atoms with Gasteiger partial charge in [-0.05, 0) is 25.0 Å². The molecule has 0 aliphatic heterocycles. The Bertz CT molecular complexity index is 608. The van der Waals surface area contributed by atoms with E-state index in [-0.39, 0.29) is 17.5 Å². The molecule has 2 aromatic rings. The molecule has 1 aromatic carbocycles. The molecule has 0 aliphatic rings. The molecule has 0 saturated heterocycles. The molecule has 1 aromatic heterocycles. The summed E-state index contributed by atoms with van der Waals surface area (Å²) >= 11 is 0. The van der Waals surface area contributed by atoms with Gasteiger partial charge in [0.1, 0.15) is 0 Å². The van der Waals surface area contributed by atoms with Gasteiger partial charge in [-0.15, -0.1) is 5.10 Å². The molecule has 0 saturated carbocycles. The highest BCUT2D eigenvalue weighted by atomic mass is 16.2. The van der Waals surface area contributed by atoms with Crippen LogP contribution in [0, 0.1) is 5.92 Å². The quantitative estimate of drug-likeness (QED) is 0.869. The Labute approximate surface area is 124 Å². The number of hydrogen-bond donors (Lipinski definition) is 2. The van der Waals surface area contributed by atoms with Crippen molar-refractivity contribution in [3.63, 3.8) is 0 Å². The molecule has 112 valence electrons. The van der Waals surface area contributed by atoms with Crippen molar-refractivity contribution in [3.8, 4) is 5.69 Å². The number of carbonyl (C=O) groups excluding carboxylic acids is 1. The molecular weight excluding hydrogens is 266 g/mol. The Kier molecular flexibility index (Phi) is 4.37. The Morgan fingerprint density at radius 1 is 1.38 bits per heavy atom. The second-order valence-corrected chi connectivity index (χ2v) is 5.61. The standard InChI is InChI=1S/C15H21N5O/c1-11(2)15(3,10-16)17-14(21)13-9-20(19-18-13)12-7-5-4-6-8-12/h4-9,11H,10,16H2,1-3H3,(H,17,21). The average Bonchev–Trinajstić information content (AvgIpc) is 2.97. The van der Waals surface area contributed by atoms with E-state index in [4.69, 9.17) is 5.73 Å². The van der Waals surface area contributed by atoms with Crippen molar-refractivity contribution in [2.24, 2.45) is 11.7 Å². The van der Waals surface area contributed by atoms with Gasteiger partial charge in [-0.25, -0.2) is 4.68 Å². The summed E-state index contributed by atoms with van der Waals surface area (Å²) in [6.45, 7) is 6.34. The number of rotatable bonds is 5. The number of nitrogens with one attached hydrogen (secondary N) is 1. The normalized spacial score (nSPS) is 14.0. The fourth-order valence-electron chi connectivity index (χ4n) is 1.83. The highest BCUT2D eigenvalue weighted by molar-refractivity contribution is 5.92. The Balaban J connectivity index is 2.16. The summed E-state index contributed by atoms with van der Waals surface area (Å²) in [5, 5.41) is 10.9. The molecule has 0 spiro atoms. The molecule has 6 heteroatoms. The number of benzene rings is 1. The fourth-order valence-corrected chi connectivity index (χ4v) is 1.83. The molecule has 2 rings (SSSR count). The fraction of sp³-hybridized carbons (Fsp3) is 0.400. The van der Waals surface area contributed by atoms with Gasteiger partial charge in [0.2, 0.25) is 0 Å². The van der Waals surface area contributed by atoms with E-state index in [1.165, 1.54) is 0 Å². The monoisotopic (exact) mass is 287 g/mol. The van der Waals surface area contributed by atoms with E-state index in [0.29, 0.717) is 6.54 Å². The first-order valence-electron chi connectivity index (χ1n) is 6.96. The molecule has 6 nitrogen and oxygen atoms in total. The van der Waals surface area contributed by atoms with Crippen molar-refractivity contribution in [1.82, 2.24) is 20.3 Å². The maximum absolute atomic E-state index is 12.3. The first kappa shape index (κ1) is 15.2. The van der Waals surface area contributed by atoms with Crippen molar-refractivity contribution in [1.29, 1.82) is 0 Å². The molecule has 0 bridgehead atoms. The summed E-state index contributed by atoms with van der Waals surface area (Å²) in [6, 6.07) is 9.52. The van der Waals surface area contributed by atoms with Crippen LogP contribution in [0.3, 0.4) is 0 Å². The van der Waals surface area contributed by atoms with Gasteiger partial charge >= 0.3 is 0 Å². The van der Waals surface area contributed by atoms with Crippen LogP contribution in [-0.4, -0.2) is 33.0 Å². The Hall–Kier alpha value is -2.21. The van der Waals surface area contributed by atoms with E-state index in [2.05, 4.69) is 15.6 Å². The molecular formula is C15H21N5O. The average molecular weight is 287 g/mol. The summed E-state index contributed by atoms with van der Waals surface area (Å²) in [5.74, 6) is -0.0468. The minimum absolute atomic E-state index is 0.218. The molecule has 1 amide bonds. The molecule has 21 heavy (non-hydrogen) atoms. The van der Waals surface area contributed by atoms with E-state index in [1.807, 2.05) is 51.1 Å². The Morgan fingerprint density at radius 3 is 2.62 bits per heavy atom. The minimum Gasteiger partial charge on any atom is -0.344 e. The summed E-state index contributed by atoms with van der Waals surface area (Å²) in [5.41, 5.74) is 6.44. The van der Waals surface area contributed by atoms with Gasteiger partial charge in [0.05, 0.1) is 17.4 Å². The predicted molar refractivity (Wildman–Crippen MR) is 81.1 cm³/mol. The molecule has 0 radical (unpaired) electrons. The lowest BCUT2D eigenvalue weighted by molar-refractivity contribution is 0.0878. The van der Waals surface area contributed by atoms with Gasteiger partial charge < -0.3 is 11.1 Å². The SMILES string of the molecule is CC(C)C(C)(CN)NC(=O)c1cn(-c2ccccc2)nn1. The number of hydrogen-bond acceptors (Lipinski definition) is 4. The van der Waals surface area contributed by atoms with Crippen LogP contribution < -0.4 is 11.1 Å². The third kappa shape index (κ3) is 3.28.